The van der Waals surface area contributed by atoms with Crippen molar-refractivity contribution < 1.29 is 19.1 Å². The minimum Gasteiger partial charge on any atom is -0.378 e. The molecule has 9 nitrogen and oxygen atoms in total. The van der Waals surface area contributed by atoms with E-state index < -0.39 is 11.9 Å². The molecule has 0 spiro atoms. The van der Waals surface area contributed by atoms with Crippen molar-refractivity contribution in [1.82, 2.24) is 10.2 Å². The van der Waals surface area contributed by atoms with Gasteiger partial charge in [0, 0.05) is 30.2 Å². The van der Waals surface area contributed by atoms with Crippen molar-refractivity contribution in [2.24, 2.45) is 0 Å². The standard InChI is InChI=1S/C22H27N5O4/c1-26(16-21(29)25-22(30)24-17-5-3-2-4-6-17)15-20(28)23-18-7-9-19(10-8-18)27-11-13-31-14-12-27/h2-10H,11-16H2,1H3,(H,23,28)(H2,24,25,29,30). The molecule has 0 saturated carbocycles. The molecule has 3 N–H and O–H groups in total. The first-order valence-electron chi connectivity index (χ1n) is 10.1. The summed E-state index contributed by atoms with van der Waals surface area (Å²) < 4.78 is 5.36. The number of hydrogen-bond donors (Lipinski definition) is 3. The van der Waals surface area contributed by atoms with Crippen LogP contribution in [0, 0.1) is 0 Å². The largest absolute Gasteiger partial charge is 0.378 e. The van der Waals surface area contributed by atoms with Crippen molar-refractivity contribution in [2.45, 2.75) is 0 Å². The Hall–Kier alpha value is -3.43. The van der Waals surface area contributed by atoms with Crippen molar-refractivity contribution >= 4 is 34.9 Å². The highest BCUT2D eigenvalue weighted by atomic mass is 16.5. The van der Waals surface area contributed by atoms with E-state index in [0.29, 0.717) is 24.6 Å². The minimum absolute atomic E-state index is 0.0128. The van der Waals surface area contributed by atoms with E-state index in [1.54, 1.807) is 31.3 Å². The quantitative estimate of drug-likeness (QED) is 0.625. The number of anilines is 3. The Kier molecular flexibility index (Phi) is 7.97. The van der Waals surface area contributed by atoms with Crippen LogP contribution in [0.25, 0.3) is 0 Å². The van der Waals surface area contributed by atoms with Gasteiger partial charge in [0.25, 0.3) is 0 Å². The molecule has 1 saturated heterocycles. The first kappa shape index (κ1) is 22.3. The first-order chi connectivity index (χ1) is 15.0. The molecule has 3 rings (SSSR count). The molecule has 1 heterocycles. The van der Waals surface area contributed by atoms with Gasteiger partial charge < -0.3 is 20.3 Å². The molecule has 9 heteroatoms. The number of hydrogen-bond acceptors (Lipinski definition) is 6. The molecule has 1 fully saturated rings. The molecule has 0 bridgehead atoms. The fraction of sp³-hybridized carbons (Fsp3) is 0.318. The van der Waals surface area contributed by atoms with E-state index in [4.69, 9.17) is 4.74 Å². The average molecular weight is 425 g/mol. The maximum Gasteiger partial charge on any atom is 0.325 e. The molecule has 1 aliphatic heterocycles. The average Bonchev–Trinajstić information content (AvgIpc) is 2.75. The summed E-state index contributed by atoms with van der Waals surface area (Å²) in [6, 6.07) is 15.8. The zero-order chi connectivity index (χ0) is 22.1. The number of benzene rings is 2. The number of para-hydroxylation sites is 1. The molecule has 0 atom stereocenters. The monoisotopic (exact) mass is 425 g/mol. The Morgan fingerprint density at radius 3 is 2.16 bits per heavy atom. The molecule has 0 aliphatic carbocycles. The second kappa shape index (κ2) is 11.1. The lowest BCUT2D eigenvalue weighted by molar-refractivity contribution is -0.121. The van der Waals surface area contributed by atoms with Crippen molar-refractivity contribution in [1.29, 1.82) is 0 Å². The van der Waals surface area contributed by atoms with Gasteiger partial charge in [-0.3, -0.25) is 19.8 Å². The van der Waals surface area contributed by atoms with Gasteiger partial charge >= 0.3 is 6.03 Å². The second-order valence-electron chi connectivity index (χ2n) is 7.24. The Bertz CT molecular complexity index is 883. The summed E-state index contributed by atoms with van der Waals surface area (Å²) >= 11 is 0. The summed E-state index contributed by atoms with van der Waals surface area (Å²) in [7, 11) is 1.63. The number of imide groups is 1. The molecule has 0 aromatic heterocycles. The molecule has 0 unspecified atom stereocenters. The topological polar surface area (TPSA) is 103 Å². The van der Waals surface area contributed by atoms with Crippen LogP contribution < -0.4 is 20.9 Å². The number of ether oxygens (including phenoxy) is 1. The van der Waals surface area contributed by atoms with Crippen LogP contribution in [0.1, 0.15) is 0 Å². The highest BCUT2D eigenvalue weighted by Crippen LogP contribution is 2.19. The lowest BCUT2D eigenvalue weighted by atomic mass is 10.2. The van der Waals surface area contributed by atoms with E-state index in [9.17, 15) is 14.4 Å². The summed E-state index contributed by atoms with van der Waals surface area (Å²) in [5, 5.41) is 7.63. The normalized spacial score (nSPS) is 13.5. The van der Waals surface area contributed by atoms with Gasteiger partial charge in [-0.05, 0) is 43.4 Å². The van der Waals surface area contributed by atoms with Crippen LogP contribution in [0.5, 0.6) is 0 Å². The van der Waals surface area contributed by atoms with Crippen LogP contribution in [0.15, 0.2) is 54.6 Å². The number of rotatable bonds is 7. The van der Waals surface area contributed by atoms with E-state index in [-0.39, 0.29) is 19.0 Å². The van der Waals surface area contributed by atoms with Crippen LogP contribution in [0.4, 0.5) is 21.9 Å². The number of carbonyl (C=O) groups is 3. The summed E-state index contributed by atoms with van der Waals surface area (Å²) in [6.45, 7) is 3.05. The Labute approximate surface area is 181 Å². The zero-order valence-electron chi connectivity index (χ0n) is 17.5. The minimum atomic E-state index is -0.616. The first-order valence-corrected chi connectivity index (χ1v) is 10.1. The fourth-order valence-electron chi connectivity index (χ4n) is 3.17. The molecule has 1 aliphatic rings. The SMILES string of the molecule is CN(CC(=O)NC(=O)Nc1ccccc1)CC(=O)Nc1ccc(N2CCOCC2)cc1. The van der Waals surface area contributed by atoms with Gasteiger partial charge in [-0.15, -0.1) is 0 Å². The van der Waals surface area contributed by atoms with E-state index in [2.05, 4.69) is 20.9 Å². The summed E-state index contributed by atoms with van der Waals surface area (Å²) in [5.74, 6) is -0.748. The van der Waals surface area contributed by atoms with E-state index >= 15 is 0 Å². The van der Waals surface area contributed by atoms with Gasteiger partial charge in [-0.2, -0.15) is 0 Å². The van der Waals surface area contributed by atoms with Crippen molar-refractivity contribution in [3.63, 3.8) is 0 Å². The number of nitrogens with one attached hydrogen (secondary N) is 3. The number of nitrogens with zero attached hydrogens (tertiary/aromatic N) is 2. The van der Waals surface area contributed by atoms with Crippen molar-refractivity contribution in [3.05, 3.63) is 54.6 Å². The lowest BCUT2D eigenvalue weighted by Gasteiger charge is -2.28. The van der Waals surface area contributed by atoms with E-state index in [0.717, 1.165) is 18.8 Å². The third kappa shape index (κ3) is 7.40. The van der Waals surface area contributed by atoms with Gasteiger partial charge in [-0.1, -0.05) is 18.2 Å². The van der Waals surface area contributed by atoms with Crippen LogP contribution in [0.3, 0.4) is 0 Å². The number of urea groups is 1. The predicted octanol–water partition coefficient (Wildman–Crippen LogP) is 1.74. The van der Waals surface area contributed by atoms with Gasteiger partial charge in [0.05, 0.1) is 26.3 Å². The molecule has 2 aromatic rings. The van der Waals surface area contributed by atoms with Gasteiger partial charge in [-0.25, -0.2) is 4.79 Å². The molecule has 164 valence electrons. The smallest absolute Gasteiger partial charge is 0.325 e. The van der Waals surface area contributed by atoms with Gasteiger partial charge in [0.2, 0.25) is 11.8 Å². The van der Waals surface area contributed by atoms with Crippen LogP contribution in [-0.4, -0.2) is 69.2 Å². The molecule has 4 amide bonds. The van der Waals surface area contributed by atoms with Gasteiger partial charge in [0.1, 0.15) is 0 Å². The van der Waals surface area contributed by atoms with Gasteiger partial charge in [0.15, 0.2) is 0 Å². The van der Waals surface area contributed by atoms with Crippen LogP contribution >= 0.6 is 0 Å². The number of amides is 4. The zero-order valence-corrected chi connectivity index (χ0v) is 17.5. The number of likely N-dealkylation sites (N-methyl/N-ethyl adjacent to an activating group) is 1. The molecule has 2 aromatic carbocycles. The van der Waals surface area contributed by atoms with E-state index in [1.165, 1.54) is 4.90 Å². The van der Waals surface area contributed by atoms with Crippen molar-refractivity contribution in [3.8, 4) is 0 Å². The third-order valence-corrected chi connectivity index (χ3v) is 4.64. The second-order valence-corrected chi connectivity index (χ2v) is 7.24. The highest BCUT2D eigenvalue weighted by Gasteiger charge is 2.14. The maximum atomic E-state index is 12.3. The lowest BCUT2D eigenvalue weighted by Crippen LogP contribution is -2.42. The Balaban J connectivity index is 1.39. The third-order valence-electron chi connectivity index (χ3n) is 4.64. The summed E-state index contributed by atoms with van der Waals surface area (Å²) in [4.78, 5) is 39.9. The van der Waals surface area contributed by atoms with Crippen LogP contribution in [0.2, 0.25) is 0 Å². The summed E-state index contributed by atoms with van der Waals surface area (Å²) in [6.07, 6.45) is 0. The highest BCUT2D eigenvalue weighted by molar-refractivity contribution is 6.02. The fourth-order valence-corrected chi connectivity index (χ4v) is 3.17. The summed E-state index contributed by atoms with van der Waals surface area (Å²) in [5.41, 5.74) is 2.35. The van der Waals surface area contributed by atoms with Crippen molar-refractivity contribution in [2.75, 3.05) is 62.0 Å². The maximum absolute atomic E-state index is 12.3. The molecular weight excluding hydrogens is 398 g/mol. The Morgan fingerprint density at radius 2 is 1.48 bits per heavy atom. The Morgan fingerprint density at radius 1 is 0.871 bits per heavy atom. The number of carbonyl (C=O) groups excluding carboxylic acids is 3. The molecule has 0 radical (unpaired) electrons. The molecule has 31 heavy (non-hydrogen) atoms. The van der Waals surface area contributed by atoms with E-state index in [1.807, 2.05) is 30.3 Å². The molecular formula is C22H27N5O4. The predicted molar refractivity (Wildman–Crippen MR) is 119 cm³/mol. The van der Waals surface area contributed by atoms with Crippen LogP contribution in [-0.2, 0) is 14.3 Å². The number of morpholine rings is 1.